The molecular weight excluding hydrogens is 460 g/mol. The molecule has 8 nitrogen and oxygen atoms in total. The summed E-state index contributed by atoms with van der Waals surface area (Å²) in [5.74, 6) is 0.0926. The third-order valence-electron chi connectivity index (χ3n) is 4.68. The predicted octanol–water partition coefficient (Wildman–Crippen LogP) is 3.81. The predicted molar refractivity (Wildman–Crippen MR) is 118 cm³/mol. The number of rotatable bonds is 8. The molecule has 3 aromatic rings. The Morgan fingerprint density at radius 2 is 1.94 bits per heavy atom. The second-order valence-electron chi connectivity index (χ2n) is 6.99. The number of anilines is 1. The van der Waals surface area contributed by atoms with Gasteiger partial charge in [-0.25, -0.2) is 13.1 Å². The lowest BCUT2D eigenvalue weighted by Crippen LogP contribution is -2.24. The Labute approximate surface area is 188 Å². The van der Waals surface area contributed by atoms with E-state index in [4.69, 9.17) is 16.3 Å². The lowest BCUT2D eigenvalue weighted by molar-refractivity contribution is 0.102. The summed E-state index contributed by atoms with van der Waals surface area (Å²) in [6.07, 6.45) is 2.18. The van der Waals surface area contributed by atoms with Crippen molar-refractivity contribution in [1.82, 2.24) is 14.9 Å². The van der Waals surface area contributed by atoms with Gasteiger partial charge in [0.1, 0.15) is 15.7 Å². The van der Waals surface area contributed by atoms with Crippen LogP contribution in [0.2, 0.25) is 5.02 Å². The largest absolute Gasteiger partial charge is 0.495 e. The topological polar surface area (TPSA) is 110 Å². The number of methoxy groups -OCH3 is 1. The molecule has 1 fully saturated rings. The second-order valence-corrected chi connectivity index (χ2v) is 10.2. The van der Waals surface area contributed by atoms with E-state index in [0.717, 1.165) is 23.4 Å². The SMILES string of the molecule is COc1ccc(C(=O)Nc2nnc(C3CC3)s2)cc1S(=O)(=O)NCc1ccc(Cl)cc1. The van der Waals surface area contributed by atoms with Crippen LogP contribution >= 0.6 is 22.9 Å². The molecule has 2 N–H and O–H groups in total. The van der Waals surface area contributed by atoms with E-state index in [1.54, 1.807) is 24.3 Å². The fraction of sp³-hybridized carbons (Fsp3) is 0.250. The highest BCUT2D eigenvalue weighted by atomic mass is 35.5. The standard InChI is InChI=1S/C20H19ClN4O4S2/c1-29-16-9-6-14(18(26)23-20-25-24-19(30-20)13-4-5-13)10-17(16)31(27,28)22-11-12-2-7-15(21)8-3-12/h2-3,6-10,13,22H,4-5,11H2,1H3,(H,23,25,26). The van der Waals surface area contributed by atoms with Crippen LogP contribution in [0.1, 0.15) is 39.7 Å². The van der Waals surface area contributed by atoms with Crippen LogP contribution in [0, 0.1) is 0 Å². The maximum Gasteiger partial charge on any atom is 0.257 e. The fourth-order valence-electron chi connectivity index (χ4n) is 2.84. The number of sulfonamides is 1. The van der Waals surface area contributed by atoms with Crippen molar-refractivity contribution in [3.63, 3.8) is 0 Å². The molecule has 1 saturated carbocycles. The first-order chi connectivity index (χ1) is 14.9. The van der Waals surface area contributed by atoms with Crippen LogP contribution in [0.25, 0.3) is 0 Å². The summed E-state index contributed by atoms with van der Waals surface area (Å²) < 4.78 is 33.5. The Morgan fingerprint density at radius 1 is 1.19 bits per heavy atom. The van der Waals surface area contributed by atoms with Crippen molar-refractivity contribution in [2.24, 2.45) is 0 Å². The van der Waals surface area contributed by atoms with Crippen LogP contribution in [-0.2, 0) is 16.6 Å². The Kier molecular flexibility index (Phi) is 6.24. The molecule has 31 heavy (non-hydrogen) atoms. The first-order valence-corrected chi connectivity index (χ1v) is 12.1. The molecule has 1 aliphatic rings. The molecule has 1 aromatic heterocycles. The number of amides is 1. The summed E-state index contributed by atoms with van der Waals surface area (Å²) in [6, 6.07) is 11.0. The lowest BCUT2D eigenvalue weighted by atomic mass is 10.2. The average Bonchev–Trinajstić information content (AvgIpc) is 3.52. The van der Waals surface area contributed by atoms with Crippen molar-refractivity contribution in [1.29, 1.82) is 0 Å². The number of carbonyl (C=O) groups is 1. The highest BCUT2D eigenvalue weighted by Gasteiger charge is 2.28. The molecule has 0 aliphatic heterocycles. The zero-order chi connectivity index (χ0) is 22.0. The zero-order valence-corrected chi connectivity index (χ0v) is 18.9. The Bertz CT molecular complexity index is 1210. The van der Waals surface area contributed by atoms with Gasteiger partial charge in [0.05, 0.1) is 7.11 Å². The number of ether oxygens (including phenoxy) is 1. The summed E-state index contributed by atoms with van der Waals surface area (Å²) in [5, 5.41) is 12.6. The van der Waals surface area contributed by atoms with Crippen molar-refractivity contribution in [3.05, 3.63) is 63.6 Å². The summed E-state index contributed by atoms with van der Waals surface area (Å²) in [7, 11) is -2.58. The van der Waals surface area contributed by atoms with E-state index in [1.807, 2.05) is 0 Å². The maximum absolute atomic E-state index is 12.9. The van der Waals surface area contributed by atoms with Crippen LogP contribution in [0.5, 0.6) is 5.75 Å². The normalized spacial score (nSPS) is 13.7. The van der Waals surface area contributed by atoms with Gasteiger partial charge >= 0.3 is 0 Å². The molecule has 1 heterocycles. The first kappa shape index (κ1) is 21.7. The van der Waals surface area contributed by atoms with Crippen LogP contribution in [0.15, 0.2) is 47.4 Å². The third kappa shape index (κ3) is 5.21. The number of halogens is 1. The summed E-state index contributed by atoms with van der Waals surface area (Å²) in [5.41, 5.74) is 0.902. The number of benzene rings is 2. The smallest absolute Gasteiger partial charge is 0.257 e. The van der Waals surface area contributed by atoms with E-state index in [0.29, 0.717) is 16.1 Å². The van der Waals surface area contributed by atoms with Crippen LogP contribution < -0.4 is 14.8 Å². The molecule has 11 heteroatoms. The second kappa shape index (κ2) is 8.91. The molecule has 2 aromatic carbocycles. The number of nitrogens with one attached hydrogen (secondary N) is 2. The molecule has 0 bridgehead atoms. The van der Waals surface area contributed by atoms with E-state index in [-0.39, 0.29) is 22.8 Å². The van der Waals surface area contributed by atoms with Crippen molar-refractivity contribution in [3.8, 4) is 5.75 Å². The van der Waals surface area contributed by atoms with Gasteiger partial charge in [0, 0.05) is 23.0 Å². The van der Waals surface area contributed by atoms with Gasteiger partial charge in [0.25, 0.3) is 5.91 Å². The van der Waals surface area contributed by atoms with Gasteiger partial charge in [-0.2, -0.15) is 0 Å². The third-order valence-corrected chi connectivity index (χ3v) is 7.36. The number of hydrogen-bond donors (Lipinski definition) is 2. The number of nitrogens with zero attached hydrogens (tertiary/aromatic N) is 2. The van der Waals surface area contributed by atoms with Crippen LogP contribution in [0.3, 0.4) is 0 Å². The fourth-order valence-corrected chi connectivity index (χ4v) is 5.08. The molecule has 4 rings (SSSR count). The Balaban J connectivity index is 1.52. The molecule has 1 amide bonds. The van der Waals surface area contributed by atoms with Crippen LogP contribution in [-0.4, -0.2) is 31.6 Å². The first-order valence-electron chi connectivity index (χ1n) is 9.42. The Morgan fingerprint density at radius 3 is 2.61 bits per heavy atom. The zero-order valence-electron chi connectivity index (χ0n) is 16.5. The molecule has 1 aliphatic carbocycles. The van der Waals surface area contributed by atoms with Crippen LogP contribution in [0.4, 0.5) is 5.13 Å². The highest BCUT2D eigenvalue weighted by Crippen LogP contribution is 2.42. The van der Waals surface area contributed by atoms with Gasteiger partial charge in [-0.15, -0.1) is 10.2 Å². The van der Waals surface area contributed by atoms with Gasteiger partial charge in [-0.05, 0) is 48.7 Å². The number of hydrogen-bond acceptors (Lipinski definition) is 7. The molecule has 0 radical (unpaired) electrons. The monoisotopic (exact) mass is 478 g/mol. The summed E-state index contributed by atoms with van der Waals surface area (Å²) in [6.45, 7) is 0.0633. The summed E-state index contributed by atoms with van der Waals surface area (Å²) >= 11 is 7.19. The van der Waals surface area contributed by atoms with E-state index in [2.05, 4.69) is 20.2 Å². The van der Waals surface area contributed by atoms with Crippen molar-refractivity contribution in [2.45, 2.75) is 30.2 Å². The molecule has 0 unspecified atom stereocenters. The minimum atomic E-state index is -3.95. The lowest BCUT2D eigenvalue weighted by Gasteiger charge is -2.12. The van der Waals surface area contributed by atoms with Crippen molar-refractivity contribution in [2.75, 3.05) is 12.4 Å². The number of aromatic nitrogens is 2. The average molecular weight is 479 g/mol. The van der Waals surface area contributed by atoms with E-state index in [9.17, 15) is 13.2 Å². The molecular formula is C20H19ClN4O4S2. The molecule has 0 spiro atoms. The van der Waals surface area contributed by atoms with E-state index in [1.165, 1.54) is 36.6 Å². The van der Waals surface area contributed by atoms with E-state index < -0.39 is 15.9 Å². The molecule has 0 saturated heterocycles. The van der Waals surface area contributed by atoms with Gasteiger partial charge in [0.2, 0.25) is 15.2 Å². The van der Waals surface area contributed by atoms with E-state index >= 15 is 0 Å². The minimum Gasteiger partial charge on any atom is -0.495 e. The minimum absolute atomic E-state index is 0.0633. The van der Waals surface area contributed by atoms with Gasteiger partial charge < -0.3 is 4.74 Å². The summed E-state index contributed by atoms with van der Waals surface area (Å²) in [4.78, 5) is 12.5. The molecule has 0 atom stereocenters. The quantitative estimate of drug-likeness (QED) is 0.509. The maximum atomic E-state index is 12.9. The molecule has 162 valence electrons. The van der Waals surface area contributed by atoms with Gasteiger partial charge in [-0.3, -0.25) is 10.1 Å². The van der Waals surface area contributed by atoms with Crippen molar-refractivity contribution < 1.29 is 17.9 Å². The van der Waals surface area contributed by atoms with Gasteiger partial charge in [-0.1, -0.05) is 35.1 Å². The van der Waals surface area contributed by atoms with Crippen molar-refractivity contribution >= 4 is 44.0 Å². The highest BCUT2D eigenvalue weighted by molar-refractivity contribution is 7.89. The Hall–Kier alpha value is -2.53. The van der Waals surface area contributed by atoms with Gasteiger partial charge in [0.15, 0.2) is 0 Å². The number of carbonyl (C=O) groups excluding carboxylic acids is 1.